The summed E-state index contributed by atoms with van der Waals surface area (Å²) < 4.78 is 15.3. The summed E-state index contributed by atoms with van der Waals surface area (Å²) in [5, 5.41) is 9.18. The van der Waals surface area contributed by atoms with Crippen LogP contribution in [0.5, 0.6) is 0 Å². The second-order valence-corrected chi connectivity index (χ2v) is 6.32. The van der Waals surface area contributed by atoms with E-state index in [-0.39, 0.29) is 5.82 Å². The third-order valence-electron chi connectivity index (χ3n) is 4.58. The Bertz CT molecular complexity index is 716. The molecule has 0 amide bonds. The lowest BCUT2D eigenvalue weighted by molar-refractivity contribution is 0.165. The van der Waals surface area contributed by atoms with Crippen molar-refractivity contribution in [3.63, 3.8) is 0 Å². The second kappa shape index (κ2) is 6.93. The van der Waals surface area contributed by atoms with Gasteiger partial charge in [-0.25, -0.2) is 9.37 Å². The molecule has 0 radical (unpaired) electrons. The first-order chi connectivity index (χ1) is 11.2. The Kier molecular flexibility index (Phi) is 4.73. The summed E-state index contributed by atoms with van der Waals surface area (Å²) in [5.74, 6) is 1.35. The Balaban J connectivity index is 1.65. The van der Waals surface area contributed by atoms with E-state index < -0.39 is 0 Å². The zero-order valence-electron chi connectivity index (χ0n) is 13.4. The summed E-state index contributed by atoms with van der Waals surface area (Å²) in [6.07, 6.45) is 7.16. The van der Waals surface area contributed by atoms with Crippen molar-refractivity contribution >= 4 is 0 Å². The molecule has 0 N–H and O–H groups in total. The number of aromatic nitrogens is 2. The number of halogens is 1. The predicted octanol–water partition coefficient (Wildman–Crippen LogP) is 2.89. The maximum atomic E-state index is 13.3. The number of rotatable bonds is 4. The molecule has 23 heavy (non-hydrogen) atoms. The fraction of sp³-hybridized carbons (Fsp3) is 0.444. The van der Waals surface area contributed by atoms with Crippen molar-refractivity contribution < 1.29 is 4.39 Å². The molecule has 1 saturated heterocycles. The van der Waals surface area contributed by atoms with E-state index in [0.29, 0.717) is 18.0 Å². The first-order valence-electron chi connectivity index (χ1n) is 8.03. The van der Waals surface area contributed by atoms with E-state index in [1.807, 2.05) is 19.4 Å². The lowest BCUT2D eigenvalue weighted by Gasteiger charge is -2.32. The summed E-state index contributed by atoms with van der Waals surface area (Å²) in [7, 11) is 2.03. The summed E-state index contributed by atoms with van der Waals surface area (Å²) in [6.45, 7) is 2.73. The van der Waals surface area contributed by atoms with Gasteiger partial charge in [0.05, 0.1) is 11.6 Å². The number of benzene rings is 1. The molecule has 1 aliphatic rings. The molecule has 0 bridgehead atoms. The van der Waals surface area contributed by atoms with Gasteiger partial charge < -0.3 is 4.57 Å². The molecule has 0 aliphatic carbocycles. The van der Waals surface area contributed by atoms with Crippen molar-refractivity contribution in [3.8, 4) is 6.07 Å². The topological polar surface area (TPSA) is 44.9 Å². The molecular formula is C18H21FN4. The van der Waals surface area contributed by atoms with E-state index in [9.17, 15) is 9.65 Å². The monoisotopic (exact) mass is 312 g/mol. The highest BCUT2D eigenvalue weighted by molar-refractivity contribution is 5.37. The van der Waals surface area contributed by atoms with Crippen LogP contribution in [0, 0.1) is 23.1 Å². The molecule has 120 valence electrons. The third-order valence-corrected chi connectivity index (χ3v) is 4.58. The molecule has 0 spiro atoms. The van der Waals surface area contributed by atoms with Crippen LogP contribution >= 0.6 is 0 Å². The van der Waals surface area contributed by atoms with Crippen LogP contribution in [-0.2, 0) is 20.0 Å². The molecule has 0 saturated carbocycles. The van der Waals surface area contributed by atoms with Crippen LogP contribution in [0.1, 0.15) is 29.8 Å². The van der Waals surface area contributed by atoms with Crippen molar-refractivity contribution in [1.29, 1.82) is 5.26 Å². The van der Waals surface area contributed by atoms with Gasteiger partial charge in [0.25, 0.3) is 0 Å². The fourth-order valence-electron chi connectivity index (χ4n) is 3.34. The van der Waals surface area contributed by atoms with Crippen LogP contribution in [0.2, 0.25) is 0 Å². The Morgan fingerprint density at radius 2 is 2.30 bits per heavy atom. The average Bonchev–Trinajstić information content (AvgIpc) is 2.94. The van der Waals surface area contributed by atoms with Gasteiger partial charge in [-0.3, -0.25) is 4.90 Å². The molecule has 2 aromatic rings. The number of piperidine rings is 1. The maximum Gasteiger partial charge on any atom is 0.124 e. The van der Waals surface area contributed by atoms with Gasteiger partial charge in [-0.05, 0) is 43.0 Å². The van der Waals surface area contributed by atoms with Gasteiger partial charge in [0, 0.05) is 39.0 Å². The van der Waals surface area contributed by atoms with Crippen LogP contribution < -0.4 is 0 Å². The lowest BCUT2D eigenvalue weighted by atomic mass is 9.94. The standard InChI is InChI=1S/C18H21FN4/c1-22-8-6-21-18(22)9-14-3-2-7-23(12-14)13-15-4-5-17(19)10-16(15)11-20/h4-6,8,10,14H,2-3,7,9,12-13H2,1H3. The summed E-state index contributed by atoms with van der Waals surface area (Å²) in [6, 6.07) is 6.59. The molecule has 1 aromatic heterocycles. The Morgan fingerprint density at radius 3 is 3.04 bits per heavy atom. The molecular weight excluding hydrogens is 291 g/mol. The molecule has 1 aliphatic heterocycles. The van der Waals surface area contributed by atoms with Gasteiger partial charge in [-0.15, -0.1) is 0 Å². The number of hydrogen-bond donors (Lipinski definition) is 0. The lowest BCUT2D eigenvalue weighted by Crippen LogP contribution is -2.36. The molecule has 1 fully saturated rings. The third kappa shape index (κ3) is 3.77. The van der Waals surface area contributed by atoms with Crippen molar-refractivity contribution in [2.75, 3.05) is 13.1 Å². The first-order valence-corrected chi connectivity index (χ1v) is 8.03. The summed E-state index contributed by atoms with van der Waals surface area (Å²) >= 11 is 0. The number of imidazole rings is 1. The number of nitriles is 1. The summed E-state index contributed by atoms with van der Waals surface area (Å²) in [5.41, 5.74) is 1.35. The van der Waals surface area contributed by atoms with Crippen LogP contribution in [0.4, 0.5) is 4.39 Å². The van der Waals surface area contributed by atoms with Gasteiger partial charge in [0.2, 0.25) is 0 Å². The second-order valence-electron chi connectivity index (χ2n) is 6.32. The fourth-order valence-corrected chi connectivity index (χ4v) is 3.34. The maximum absolute atomic E-state index is 13.3. The van der Waals surface area contributed by atoms with Crippen LogP contribution in [0.25, 0.3) is 0 Å². The number of hydrogen-bond acceptors (Lipinski definition) is 3. The average molecular weight is 312 g/mol. The number of nitrogens with zero attached hydrogens (tertiary/aromatic N) is 4. The van der Waals surface area contributed by atoms with Gasteiger partial charge in [0.1, 0.15) is 11.6 Å². The summed E-state index contributed by atoms with van der Waals surface area (Å²) in [4.78, 5) is 6.78. The number of likely N-dealkylation sites (tertiary alicyclic amines) is 1. The van der Waals surface area contributed by atoms with Gasteiger partial charge in [-0.2, -0.15) is 5.26 Å². The quantitative estimate of drug-likeness (QED) is 0.872. The van der Waals surface area contributed by atoms with E-state index in [0.717, 1.165) is 37.3 Å². The van der Waals surface area contributed by atoms with Crippen molar-refractivity contribution in [3.05, 3.63) is 53.4 Å². The Labute approximate surface area is 136 Å². The molecule has 1 aromatic carbocycles. The molecule has 4 nitrogen and oxygen atoms in total. The van der Waals surface area contributed by atoms with Crippen LogP contribution in [0.15, 0.2) is 30.6 Å². The molecule has 5 heteroatoms. The largest absolute Gasteiger partial charge is 0.338 e. The highest BCUT2D eigenvalue weighted by Gasteiger charge is 2.22. The van der Waals surface area contributed by atoms with Crippen molar-refractivity contribution in [1.82, 2.24) is 14.5 Å². The van der Waals surface area contributed by atoms with Gasteiger partial charge >= 0.3 is 0 Å². The highest BCUT2D eigenvalue weighted by Crippen LogP contribution is 2.22. The van der Waals surface area contributed by atoms with E-state index in [4.69, 9.17) is 0 Å². The Morgan fingerprint density at radius 1 is 1.43 bits per heavy atom. The number of aryl methyl sites for hydroxylation is 1. The van der Waals surface area contributed by atoms with E-state index in [2.05, 4.69) is 20.5 Å². The zero-order chi connectivity index (χ0) is 16.2. The normalized spacial score (nSPS) is 18.7. The van der Waals surface area contributed by atoms with E-state index in [1.54, 1.807) is 6.07 Å². The van der Waals surface area contributed by atoms with Gasteiger partial charge in [0.15, 0.2) is 0 Å². The molecule has 1 unspecified atom stereocenters. The molecule has 3 rings (SSSR count). The zero-order valence-corrected chi connectivity index (χ0v) is 13.4. The van der Waals surface area contributed by atoms with Crippen molar-refractivity contribution in [2.45, 2.75) is 25.8 Å². The van der Waals surface area contributed by atoms with Crippen LogP contribution in [-0.4, -0.2) is 27.5 Å². The molecule has 1 atom stereocenters. The van der Waals surface area contributed by atoms with E-state index >= 15 is 0 Å². The van der Waals surface area contributed by atoms with Crippen LogP contribution in [0.3, 0.4) is 0 Å². The van der Waals surface area contributed by atoms with E-state index in [1.165, 1.54) is 18.6 Å². The minimum atomic E-state index is -0.350. The Hall–Kier alpha value is -2.19. The smallest absolute Gasteiger partial charge is 0.124 e. The highest BCUT2D eigenvalue weighted by atomic mass is 19.1. The molecule has 2 heterocycles. The van der Waals surface area contributed by atoms with Gasteiger partial charge in [-0.1, -0.05) is 6.07 Å². The van der Waals surface area contributed by atoms with Crippen molar-refractivity contribution in [2.24, 2.45) is 13.0 Å². The SMILES string of the molecule is Cn1ccnc1CC1CCCN(Cc2ccc(F)cc2C#N)C1. The predicted molar refractivity (Wildman–Crippen MR) is 86.0 cm³/mol. The first kappa shape index (κ1) is 15.7. The minimum absolute atomic E-state index is 0.350. The minimum Gasteiger partial charge on any atom is -0.338 e.